The van der Waals surface area contributed by atoms with Crippen LogP contribution in [0.2, 0.25) is 0 Å². The summed E-state index contributed by atoms with van der Waals surface area (Å²) in [6.45, 7) is 10.2. The van der Waals surface area contributed by atoms with Crippen LogP contribution in [-0.4, -0.2) is 25.2 Å². The van der Waals surface area contributed by atoms with Crippen molar-refractivity contribution in [3.63, 3.8) is 0 Å². The second kappa shape index (κ2) is 15.9. The number of hydrogen-bond donors (Lipinski definition) is 0. The van der Waals surface area contributed by atoms with Crippen LogP contribution in [0, 0.1) is 5.92 Å². The summed E-state index contributed by atoms with van der Waals surface area (Å²) in [6, 6.07) is 9.87. The Hall–Kier alpha value is -2.36. The van der Waals surface area contributed by atoms with Gasteiger partial charge in [0.2, 0.25) is 0 Å². The van der Waals surface area contributed by atoms with E-state index in [4.69, 9.17) is 9.47 Å². The Kier molecular flexibility index (Phi) is 14.5. The van der Waals surface area contributed by atoms with Gasteiger partial charge in [-0.3, -0.25) is 9.59 Å². The van der Waals surface area contributed by atoms with Crippen LogP contribution in [-0.2, 0) is 19.1 Å². The van der Waals surface area contributed by atoms with Crippen LogP contribution in [0.1, 0.15) is 59.4 Å². The Labute approximate surface area is 164 Å². The Morgan fingerprint density at radius 2 is 1.59 bits per heavy atom. The van der Waals surface area contributed by atoms with Gasteiger partial charge in [-0.15, -0.1) is 0 Å². The van der Waals surface area contributed by atoms with E-state index >= 15 is 0 Å². The maximum atomic E-state index is 10.5. The topological polar surface area (TPSA) is 52.6 Å². The molecule has 0 amide bonds. The number of ether oxygens (including phenoxy) is 2. The standard InChI is InChI=1S/C12H22O2.C11H12O2/c1-10(2)6-5-7-11(3)8-9-14-12(4)13;1-10(12)13-9-5-8-11-6-3-2-4-7-11/h6,11H,5,7-9H2,1-4H3;2-8H,9H2,1H3. The summed E-state index contributed by atoms with van der Waals surface area (Å²) < 4.78 is 9.62. The molecule has 0 radical (unpaired) electrons. The van der Waals surface area contributed by atoms with E-state index in [1.807, 2.05) is 42.5 Å². The molecule has 0 saturated carbocycles. The molecule has 4 nitrogen and oxygen atoms in total. The van der Waals surface area contributed by atoms with Crippen molar-refractivity contribution < 1.29 is 19.1 Å². The zero-order chi connectivity index (χ0) is 20.5. The van der Waals surface area contributed by atoms with Crippen molar-refractivity contribution in [1.82, 2.24) is 0 Å². The Morgan fingerprint density at radius 1 is 0.963 bits per heavy atom. The van der Waals surface area contributed by atoms with Crippen molar-refractivity contribution in [3.8, 4) is 0 Å². The molecule has 0 saturated heterocycles. The fraction of sp³-hybridized carbons (Fsp3) is 0.478. The van der Waals surface area contributed by atoms with E-state index in [1.165, 1.54) is 25.8 Å². The first-order valence-electron chi connectivity index (χ1n) is 9.43. The summed E-state index contributed by atoms with van der Waals surface area (Å²) in [6.07, 6.45) is 9.26. The van der Waals surface area contributed by atoms with Crippen LogP contribution in [0.4, 0.5) is 0 Å². The zero-order valence-corrected chi connectivity index (χ0v) is 17.4. The van der Waals surface area contributed by atoms with Gasteiger partial charge in [0.1, 0.15) is 6.61 Å². The molecule has 0 heterocycles. The number of rotatable bonds is 9. The molecule has 0 spiro atoms. The smallest absolute Gasteiger partial charge is 0.302 e. The Bertz CT molecular complexity index is 584. The van der Waals surface area contributed by atoms with Crippen molar-refractivity contribution in [2.45, 2.75) is 53.9 Å². The van der Waals surface area contributed by atoms with E-state index in [2.05, 4.69) is 26.8 Å². The van der Waals surface area contributed by atoms with Gasteiger partial charge in [0.15, 0.2) is 0 Å². The number of carbonyl (C=O) groups excluding carboxylic acids is 2. The van der Waals surface area contributed by atoms with Crippen LogP contribution in [0.25, 0.3) is 6.08 Å². The molecule has 0 fully saturated rings. The van der Waals surface area contributed by atoms with E-state index in [0.717, 1.165) is 18.4 Å². The molecule has 27 heavy (non-hydrogen) atoms. The first-order valence-corrected chi connectivity index (χ1v) is 9.43. The van der Waals surface area contributed by atoms with Gasteiger partial charge in [-0.05, 0) is 50.7 Å². The summed E-state index contributed by atoms with van der Waals surface area (Å²) in [5.74, 6) is 0.198. The maximum absolute atomic E-state index is 10.5. The van der Waals surface area contributed by atoms with Crippen molar-refractivity contribution >= 4 is 18.0 Å². The molecule has 150 valence electrons. The van der Waals surface area contributed by atoms with Crippen LogP contribution in [0.3, 0.4) is 0 Å². The molecule has 0 N–H and O–H groups in total. The number of carbonyl (C=O) groups is 2. The van der Waals surface area contributed by atoms with Gasteiger partial charge in [-0.2, -0.15) is 0 Å². The van der Waals surface area contributed by atoms with Gasteiger partial charge < -0.3 is 9.47 Å². The normalized spacial score (nSPS) is 11.1. The third kappa shape index (κ3) is 18.2. The second-order valence-corrected chi connectivity index (χ2v) is 6.71. The molecule has 1 rings (SSSR count). The summed E-state index contributed by atoms with van der Waals surface area (Å²) in [4.78, 5) is 20.9. The highest BCUT2D eigenvalue weighted by molar-refractivity contribution is 5.66. The molecule has 0 aliphatic heterocycles. The lowest BCUT2D eigenvalue weighted by Crippen LogP contribution is -2.05. The summed E-state index contributed by atoms with van der Waals surface area (Å²) in [5, 5.41) is 0. The highest BCUT2D eigenvalue weighted by Gasteiger charge is 2.02. The first kappa shape index (κ1) is 24.6. The predicted octanol–water partition coefficient (Wildman–Crippen LogP) is 5.59. The molecule has 4 heteroatoms. The van der Waals surface area contributed by atoms with Gasteiger partial charge in [-0.1, -0.05) is 55.0 Å². The molecule has 0 aromatic heterocycles. The quantitative estimate of drug-likeness (QED) is 0.418. The maximum Gasteiger partial charge on any atom is 0.302 e. The first-order chi connectivity index (χ1) is 12.8. The highest BCUT2D eigenvalue weighted by atomic mass is 16.5. The summed E-state index contributed by atoms with van der Waals surface area (Å²) in [7, 11) is 0. The molecule has 1 unspecified atom stereocenters. The van der Waals surface area contributed by atoms with Gasteiger partial charge in [0.05, 0.1) is 6.61 Å². The number of hydrogen-bond acceptors (Lipinski definition) is 4. The second-order valence-electron chi connectivity index (χ2n) is 6.71. The van der Waals surface area contributed by atoms with E-state index in [1.54, 1.807) is 0 Å². The average molecular weight is 375 g/mol. The molecular formula is C23H34O4. The molecule has 0 aliphatic carbocycles. The van der Waals surface area contributed by atoms with Crippen molar-refractivity contribution in [1.29, 1.82) is 0 Å². The van der Waals surface area contributed by atoms with E-state index in [9.17, 15) is 9.59 Å². The number of benzene rings is 1. The SMILES string of the molecule is CC(=O)OCC=Cc1ccccc1.CC(=O)OCCC(C)CCC=C(C)C. The predicted molar refractivity (Wildman–Crippen MR) is 111 cm³/mol. The van der Waals surface area contributed by atoms with Gasteiger partial charge in [0, 0.05) is 13.8 Å². The summed E-state index contributed by atoms with van der Waals surface area (Å²) >= 11 is 0. The van der Waals surface area contributed by atoms with E-state index < -0.39 is 0 Å². The lowest BCUT2D eigenvalue weighted by Gasteiger charge is -2.09. The molecule has 1 atom stereocenters. The van der Waals surface area contributed by atoms with Crippen LogP contribution in [0.15, 0.2) is 48.1 Å². The minimum atomic E-state index is -0.252. The fourth-order valence-corrected chi connectivity index (χ4v) is 2.12. The largest absolute Gasteiger partial charge is 0.466 e. The van der Waals surface area contributed by atoms with Gasteiger partial charge in [-0.25, -0.2) is 0 Å². The zero-order valence-electron chi connectivity index (χ0n) is 17.4. The molecule has 1 aromatic rings. The molecule has 0 bridgehead atoms. The lowest BCUT2D eigenvalue weighted by molar-refractivity contribution is -0.141. The van der Waals surface area contributed by atoms with Crippen molar-refractivity contribution in [2.24, 2.45) is 5.92 Å². The third-order valence-corrected chi connectivity index (χ3v) is 3.62. The minimum absolute atomic E-state index is 0.179. The molecular weight excluding hydrogens is 340 g/mol. The Balaban J connectivity index is 0.000000501. The van der Waals surface area contributed by atoms with Crippen LogP contribution < -0.4 is 0 Å². The number of allylic oxidation sites excluding steroid dienone is 2. The van der Waals surface area contributed by atoms with E-state index in [-0.39, 0.29) is 11.9 Å². The van der Waals surface area contributed by atoms with Crippen LogP contribution >= 0.6 is 0 Å². The summed E-state index contributed by atoms with van der Waals surface area (Å²) in [5.41, 5.74) is 2.48. The average Bonchev–Trinajstić information content (AvgIpc) is 2.59. The lowest BCUT2D eigenvalue weighted by atomic mass is 10.0. The van der Waals surface area contributed by atoms with E-state index in [0.29, 0.717) is 19.1 Å². The fourth-order valence-electron chi connectivity index (χ4n) is 2.12. The molecule has 0 aliphatic rings. The van der Waals surface area contributed by atoms with Gasteiger partial charge >= 0.3 is 11.9 Å². The monoisotopic (exact) mass is 374 g/mol. The third-order valence-electron chi connectivity index (χ3n) is 3.62. The minimum Gasteiger partial charge on any atom is -0.466 e. The van der Waals surface area contributed by atoms with Crippen molar-refractivity contribution in [2.75, 3.05) is 13.2 Å². The van der Waals surface area contributed by atoms with Gasteiger partial charge in [0.25, 0.3) is 0 Å². The van der Waals surface area contributed by atoms with Crippen LogP contribution in [0.5, 0.6) is 0 Å². The number of esters is 2. The highest BCUT2D eigenvalue weighted by Crippen LogP contribution is 2.11. The molecule has 1 aromatic carbocycles. The van der Waals surface area contributed by atoms with Crippen molar-refractivity contribution in [3.05, 3.63) is 53.6 Å². The Morgan fingerprint density at radius 3 is 2.15 bits per heavy atom.